The minimum atomic E-state index is -1.44. The van der Waals surface area contributed by atoms with Gasteiger partial charge in [-0.05, 0) is 49.8 Å². The third-order valence-corrected chi connectivity index (χ3v) is 4.90. The largest absolute Gasteiger partial charge is 0.548 e. The zero-order valence-electron chi connectivity index (χ0n) is 16.2. The maximum Gasteiger partial charge on any atom is 0.339 e. The van der Waals surface area contributed by atoms with Crippen molar-refractivity contribution < 1.29 is 28.6 Å². The summed E-state index contributed by atoms with van der Waals surface area (Å²) in [6.45, 7) is -0.249. The molecule has 1 aromatic heterocycles. The predicted octanol–water partition coefficient (Wildman–Crippen LogP) is -0.656. The van der Waals surface area contributed by atoms with Gasteiger partial charge in [0.25, 0.3) is 5.91 Å². The van der Waals surface area contributed by atoms with E-state index in [1.54, 1.807) is 12.1 Å². The maximum absolute atomic E-state index is 12.1. The van der Waals surface area contributed by atoms with Gasteiger partial charge in [-0.25, -0.2) is 9.59 Å². The normalized spacial score (nSPS) is 13.5. The van der Waals surface area contributed by atoms with Crippen molar-refractivity contribution in [2.45, 2.75) is 38.1 Å². The number of rotatable bonds is 9. The zero-order valence-corrected chi connectivity index (χ0v) is 16.2. The standard InChI is InChI=1S/C20H23N3O7/c21-20(28)22-8-2-5-15(18(25)26)23-17(24)10-29-11-6-7-13-12-3-1-4-14(12)19(27)30-16(13)9-11/h6-7,9,15H,1-5,8,10H2,(H,23,24)(H,25,26)(H3,21,22,28)/p-1/t15-/m0/s1. The van der Waals surface area contributed by atoms with Gasteiger partial charge in [-0.1, -0.05) is 0 Å². The quantitative estimate of drug-likeness (QED) is 0.361. The summed E-state index contributed by atoms with van der Waals surface area (Å²) in [4.78, 5) is 45.9. The van der Waals surface area contributed by atoms with E-state index in [9.17, 15) is 24.3 Å². The van der Waals surface area contributed by atoms with Crippen LogP contribution in [0.15, 0.2) is 27.4 Å². The van der Waals surface area contributed by atoms with Crippen LogP contribution in [0.2, 0.25) is 0 Å². The Balaban J connectivity index is 1.57. The second-order valence-electron chi connectivity index (χ2n) is 7.02. The molecular weight excluding hydrogens is 394 g/mol. The second-order valence-corrected chi connectivity index (χ2v) is 7.02. The lowest BCUT2D eigenvalue weighted by Crippen LogP contribution is -2.49. The smallest absolute Gasteiger partial charge is 0.339 e. The fourth-order valence-corrected chi connectivity index (χ4v) is 3.51. The molecule has 10 nitrogen and oxygen atoms in total. The van der Waals surface area contributed by atoms with E-state index in [0.717, 1.165) is 29.4 Å². The van der Waals surface area contributed by atoms with Gasteiger partial charge < -0.3 is 35.4 Å². The van der Waals surface area contributed by atoms with E-state index in [2.05, 4.69) is 10.6 Å². The SMILES string of the molecule is NC(=O)NCCC[C@H](NC(=O)COc1ccc2c3c(c(=O)oc2c1)CCC3)C(=O)[O-]. The number of aliphatic carboxylic acids is 1. The highest BCUT2D eigenvalue weighted by molar-refractivity contribution is 5.85. The summed E-state index contributed by atoms with van der Waals surface area (Å²) in [6, 6.07) is 3.04. The van der Waals surface area contributed by atoms with Gasteiger partial charge in [0.2, 0.25) is 0 Å². The van der Waals surface area contributed by atoms with Crippen LogP contribution in [0.4, 0.5) is 4.79 Å². The molecule has 4 N–H and O–H groups in total. The molecule has 1 aliphatic carbocycles. The number of nitrogens with one attached hydrogen (secondary N) is 2. The van der Waals surface area contributed by atoms with Crippen molar-refractivity contribution in [3.63, 3.8) is 0 Å². The summed E-state index contributed by atoms with van der Waals surface area (Å²) >= 11 is 0. The molecule has 0 bridgehead atoms. The molecule has 1 atom stereocenters. The summed E-state index contributed by atoms with van der Waals surface area (Å²) in [6.07, 6.45) is 2.79. The number of fused-ring (bicyclic) bond motifs is 3. The van der Waals surface area contributed by atoms with Crippen LogP contribution in [-0.2, 0) is 22.4 Å². The van der Waals surface area contributed by atoms with Gasteiger partial charge in [0.15, 0.2) is 6.61 Å². The Bertz CT molecular complexity index is 1030. The van der Waals surface area contributed by atoms with E-state index < -0.39 is 30.6 Å². The molecule has 0 saturated carbocycles. The fraction of sp³-hybridized carbons (Fsp3) is 0.400. The Hall–Kier alpha value is -3.56. The first kappa shape index (κ1) is 21.2. The Kier molecular flexibility index (Phi) is 6.55. The van der Waals surface area contributed by atoms with Gasteiger partial charge in [-0.2, -0.15) is 0 Å². The molecule has 10 heteroatoms. The lowest BCUT2D eigenvalue weighted by atomic mass is 10.1. The van der Waals surface area contributed by atoms with Gasteiger partial charge in [-0.3, -0.25) is 4.79 Å². The van der Waals surface area contributed by atoms with Crippen LogP contribution in [0.5, 0.6) is 5.75 Å². The number of carbonyl (C=O) groups excluding carboxylic acids is 3. The number of amides is 3. The summed E-state index contributed by atoms with van der Waals surface area (Å²) in [5, 5.41) is 16.7. The van der Waals surface area contributed by atoms with Crippen LogP contribution >= 0.6 is 0 Å². The molecule has 30 heavy (non-hydrogen) atoms. The highest BCUT2D eigenvalue weighted by Crippen LogP contribution is 2.29. The Labute approximate surface area is 171 Å². The topological polar surface area (TPSA) is 164 Å². The minimum Gasteiger partial charge on any atom is -0.548 e. The van der Waals surface area contributed by atoms with E-state index in [-0.39, 0.29) is 25.0 Å². The van der Waals surface area contributed by atoms with Gasteiger partial charge in [-0.15, -0.1) is 0 Å². The first-order valence-corrected chi connectivity index (χ1v) is 9.60. The molecule has 0 spiro atoms. The summed E-state index contributed by atoms with van der Waals surface area (Å²) < 4.78 is 10.8. The highest BCUT2D eigenvalue weighted by atomic mass is 16.5. The van der Waals surface area contributed by atoms with Gasteiger partial charge in [0.05, 0.1) is 12.0 Å². The van der Waals surface area contributed by atoms with Gasteiger partial charge in [0, 0.05) is 23.6 Å². The number of nitrogens with two attached hydrogens (primary N) is 1. The second kappa shape index (κ2) is 9.29. The number of carbonyl (C=O) groups is 3. The number of ether oxygens (including phenoxy) is 1. The molecular formula is C20H22N3O7-. The van der Waals surface area contributed by atoms with Crippen molar-refractivity contribution in [1.29, 1.82) is 0 Å². The van der Waals surface area contributed by atoms with Gasteiger partial charge in [0.1, 0.15) is 11.3 Å². The summed E-state index contributed by atoms with van der Waals surface area (Å²) in [7, 11) is 0. The average Bonchev–Trinajstić information content (AvgIpc) is 3.19. The molecule has 0 fully saturated rings. The number of carboxylic acid groups (broad SMARTS) is 1. The van der Waals surface area contributed by atoms with E-state index in [1.165, 1.54) is 6.07 Å². The minimum absolute atomic E-state index is 0.0561. The van der Waals surface area contributed by atoms with Crippen LogP contribution in [-0.4, -0.2) is 37.1 Å². The van der Waals surface area contributed by atoms with Crippen molar-refractivity contribution in [1.82, 2.24) is 10.6 Å². The van der Waals surface area contributed by atoms with E-state index in [4.69, 9.17) is 14.9 Å². The zero-order chi connectivity index (χ0) is 21.7. The van der Waals surface area contributed by atoms with Crippen LogP contribution in [0, 0.1) is 0 Å². The van der Waals surface area contributed by atoms with E-state index in [1.807, 2.05) is 0 Å². The number of hydrogen-bond donors (Lipinski definition) is 3. The van der Waals surface area contributed by atoms with E-state index in [0.29, 0.717) is 17.8 Å². The molecule has 3 rings (SSSR count). The molecule has 0 radical (unpaired) electrons. The summed E-state index contributed by atoms with van der Waals surface area (Å²) in [5.74, 6) is -1.78. The lowest BCUT2D eigenvalue weighted by molar-refractivity contribution is -0.308. The molecule has 1 aliphatic rings. The number of primary amides is 1. The Morgan fingerprint density at radius 1 is 1.23 bits per heavy atom. The lowest BCUT2D eigenvalue weighted by Gasteiger charge is -2.19. The number of urea groups is 1. The highest BCUT2D eigenvalue weighted by Gasteiger charge is 2.20. The van der Waals surface area contributed by atoms with E-state index >= 15 is 0 Å². The van der Waals surface area contributed by atoms with Gasteiger partial charge >= 0.3 is 11.7 Å². The molecule has 3 amide bonds. The predicted molar refractivity (Wildman–Crippen MR) is 104 cm³/mol. The summed E-state index contributed by atoms with van der Waals surface area (Å²) in [5.41, 5.74) is 6.66. The monoisotopic (exact) mass is 416 g/mol. The van der Waals surface area contributed by atoms with Crippen molar-refractivity contribution >= 4 is 28.9 Å². The van der Waals surface area contributed by atoms with Crippen molar-refractivity contribution in [3.05, 3.63) is 39.7 Å². The molecule has 1 aromatic carbocycles. The Morgan fingerprint density at radius 2 is 2.00 bits per heavy atom. The molecule has 0 unspecified atom stereocenters. The molecule has 1 heterocycles. The number of carboxylic acids is 1. The maximum atomic E-state index is 12.1. The fourth-order valence-electron chi connectivity index (χ4n) is 3.51. The van der Waals surface area contributed by atoms with Crippen LogP contribution < -0.4 is 31.8 Å². The average molecular weight is 416 g/mol. The van der Waals surface area contributed by atoms with Crippen molar-refractivity contribution in [3.8, 4) is 5.75 Å². The molecule has 160 valence electrons. The number of benzene rings is 1. The van der Waals surface area contributed by atoms with Crippen LogP contribution in [0.25, 0.3) is 11.0 Å². The van der Waals surface area contributed by atoms with Crippen LogP contribution in [0.3, 0.4) is 0 Å². The first-order chi connectivity index (χ1) is 14.3. The number of aryl methyl sites for hydroxylation is 1. The molecule has 2 aromatic rings. The first-order valence-electron chi connectivity index (χ1n) is 9.60. The third kappa shape index (κ3) is 5.07. The van der Waals surface area contributed by atoms with Crippen LogP contribution in [0.1, 0.15) is 30.4 Å². The molecule has 0 aliphatic heterocycles. The molecule has 0 saturated heterocycles. The van der Waals surface area contributed by atoms with Crippen molar-refractivity contribution in [2.75, 3.05) is 13.2 Å². The third-order valence-electron chi connectivity index (χ3n) is 4.90. The number of hydrogen-bond acceptors (Lipinski definition) is 7. The Morgan fingerprint density at radius 3 is 2.73 bits per heavy atom. The van der Waals surface area contributed by atoms with Crippen molar-refractivity contribution in [2.24, 2.45) is 5.73 Å².